The highest BCUT2D eigenvalue weighted by Crippen LogP contribution is 2.48. The molecule has 0 spiro atoms. The van der Waals surface area contributed by atoms with Gasteiger partial charge in [0.05, 0.1) is 5.41 Å². The van der Waals surface area contributed by atoms with Crippen LogP contribution >= 0.6 is 0 Å². The zero-order valence-corrected chi connectivity index (χ0v) is 17.5. The number of carbonyl (C=O) groups excluding carboxylic acids is 1. The molecule has 4 nitrogen and oxygen atoms in total. The summed E-state index contributed by atoms with van der Waals surface area (Å²) in [7, 11) is 0. The van der Waals surface area contributed by atoms with Crippen LogP contribution in [0.5, 0.6) is 0 Å². The Kier molecular flexibility index (Phi) is 5.58. The molecule has 0 fully saturated rings. The van der Waals surface area contributed by atoms with Crippen LogP contribution in [0, 0.1) is 29.1 Å². The Balaban J connectivity index is 1.99. The van der Waals surface area contributed by atoms with E-state index in [1.54, 1.807) is 0 Å². The molecule has 0 saturated carbocycles. The van der Waals surface area contributed by atoms with Crippen molar-refractivity contribution in [3.05, 3.63) is 35.3 Å². The predicted octanol–water partition coefficient (Wildman–Crippen LogP) is 5.59. The molecular weight excluding hydrogens is 340 g/mol. The molecule has 4 heteroatoms. The van der Waals surface area contributed by atoms with Gasteiger partial charge in [-0.15, -0.1) is 0 Å². The molecular formula is C23H34O4. The van der Waals surface area contributed by atoms with Gasteiger partial charge in [0.25, 0.3) is 0 Å². The topological polar surface area (TPSA) is 59.7 Å². The van der Waals surface area contributed by atoms with Crippen molar-refractivity contribution in [2.45, 2.75) is 73.0 Å². The number of esters is 1. The summed E-state index contributed by atoms with van der Waals surface area (Å²) in [5.41, 5.74) is 0.774. The van der Waals surface area contributed by atoms with Crippen LogP contribution < -0.4 is 0 Å². The fourth-order valence-corrected chi connectivity index (χ4v) is 4.60. The molecule has 1 aliphatic carbocycles. The summed E-state index contributed by atoms with van der Waals surface area (Å²) in [5.74, 6) is 2.68. The zero-order chi connectivity index (χ0) is 19.9. The van der Waals surface area contributed by atoms with E-state index in [4.69, 9.17) is 9.15 Å². The summed E-state index contributed by atoms with van der Waals surface area (Å²) in [6.07, 6.45) is 3.74. The normalized spacial score (nSPS) is 31.4. The molecule has 2 unspecified atom stereocenters. The minimum Gasteiger partial charge on any atom is -0.459 e. The number of furan rings is 1. The standard InChI is InChI=1S/C23H34O4/c1-13(2)15-8-7-14(3)16-11-18(24)19-9-10-20(26-19)21(12-17(15)16)27-22(25)23(4,5)6/h7,9-10,13,15-18,21,24H,8,11-12H2,1-6H3/t15-,16+,17-,18?,21?/m1/s1. The van der Waals surface area contributed by atoms with Crippen molar-refractivity contribution < 1.29 is 19.1 Å². The van der Waals surface area contributed by atoms with Crippen LogP contribution in [0.15, 0.2) is 28.2 Å². The number of aliphatic hydroxyl groups is 1. The maximum atomic E-state index is 12.6. The van der Waals surface area contributed by atoms with Gasteiger partial charge in [0.15, 0.2) is 6.10 Å². The first-order valence-electron chi connectivity index (χ1n) is 10.2. The number of hydrogen-bond acceptors (Lipinski definition) is 4. The van der Waals surface area contributed by atoms with Crippen molar-refractivity contribution in [3.8, 4) is 0 Å². The molecule has 1 N–H and O–H groups in total. The zero-order valence-electron chi connectivity index (χ0n) is 17.5. The monoisotopic (exact) mass is 374 g/mol. The number of aliphatic hydroxyl groups excluding tert-OH is 1. The van der Waals surface area contributed by atoms with E-state index in [2.05, 4.69) is 26.8 Å². The van der Waals surface area contributed by atoms with Gasteiger partial charge in [-0.3, -0.25) is 4.79 Å². The van der Waals surface area contributed by atoms with E-state index in [0.29, 0.717) is 35.7 Å². The number of allylic oxidation sites excluding steroid dienone is 2. The molecule has 5 atom stereocenters. The first-order valence-corrected chi connectivity index (χ1v) is 10.2. The van der Waals surface area contributed by atoms with Gasteiger partial charge in [-0.1, -0.05) is 25.5 Å². The van der Waals surface area contributed by atoms with Gasteiger partial charge in [0.1, 0.15) is 17.6 Å². The lowest BCUT2D eigenvalue weighted by Gasteiger charge is -2.41. The minimum absolute atomic E-state index is 0.217. The summed E-state index contributed by atoms with van der Waals surface area (Å²) >= 11 is 0. The van der Waals surface area contributed by atoms with E-state index in [0.717, 1.165) is 12.8 Å². The van der Waals surface area contributed by atoms with Gasteiger partial charge in [-0.25, -0.2) is 0 Å². The van der Waals surface area contributed by atoms with Crippen LogP contribution in [0.25, 0.3) is 0 Å². The fourth-order valence-electron chi connectivity index (χ4n) is 4.60. The minimum atomic E-state index is -0.627. The Morgan fingerprint density at radius 1 is 1.22 bits per heavy atom. The third-order valence-corrected chi connectivity index (χ3v) is 6.34. The van der Waals surface area contributed by atoms with Crippen molar-refractivity contribution >= 4 is 5.97 Å². The van der Waals surface area contributed by atoms with E-state index < -0.39 is 17.6 Å². The summed E-state index contributed by atoms with van der Waals surface area (Å²) in [6, 6.07) is 3.68. The lowest BCUT2D eigenvalue weighted by atomic mass is 9.64. The third kappa shape index (κ3) is 4.16. The Labute approximate surface area is 163 Å². The lowest BCUT2D eigenvalue weighted by molar-refractivity contribution is -0.161. The highest BCUT2D eigenvalue weighted by atomic mass is 16.6. The van der Waals surface area contributed by atoms with Crippen molar-refractivity contribution in [2.75, 3.05) is 0 Å². The molecule has 0 amide bonds. The highest BCUT2D eigenvalue weighted by molar-refractivity contribution is 5.75. The van der Waals surface area contributed by atoms with Crippen molar-refractivity contribution in [1.29, 1.82) is 0 Å². The molecule has 1 aromatic rings. The molecule has 0 radical (unpaired) electrons. The molecule has 27 heavy (non-hydrogen) atoms. The lowest BCUT2D eigenvalue weighted by Crippen LogP contribution is -2.34. The second-order valence-corrected chi connectivity index (χ2v) is 9.73. The van der Waals surface area contributed by atoms with Gasteiger partial charge >= 0.3 is 5.97 Å². The maximum Gasteiger partial charge on any atom is 0.311 e. The number of rotatable bonds is 2. The van der Waals surface area contributed by atoms with Gasteiger partial charge in [-0.2, -0.15) is 0 Å². The second kappa shape index (κ2) is 7.46. The quantitative estimate of drug-likeness (QED) is 0.541. The van der Waals surface area contributed by atoms with Crippen LogP contribution in [0.2, 0.25) is 0 Å². The van der Waals surface area contributed by atoms with E-state index in [1.165, 1.54) is 5.57 Å². The maximum absolute atomic E-state index is 12.6. The molecule has 2 heterocycles. The van der Waals surface area contributed by atoms with Gasteiger partial charge < -0.3 is 14.3 Å². The Morgan fingerprint density at radius 3 is 2.52 bits per heavy atom. The summed E-state index contributed by atoms with van der Waals surface area (Å²) in [5, 5.41) is 10.7. The molecule has 1 aliphatic heterocycles. The molecule has 0 aromatic carbocycles. The van der Waals surface area contributed by atoms with E-state index in [-0.39, 0.29) is 11.9 Å². The number of fused-ring (bicyclic) bond motifs is 3. The fraction of sp³-hybridized carbons (Fsp3) is 0.696. The summed E-state index contributed by atoms with van der Waals surface area (Å²) in [6.45, 7) is 12.3. The van der Waals surface area contributed by atoms with E-state index in [1.807, 2.05) is 32.9 Å². The van der Waals surface area contributed by atoms with Gasteiger partial charge in [0, 0.05) is 0 Å². The van der Waals surface area contributed by atoms with Gasteiger partial charge in [-0.05, 0) is 82.8 Å². The van der Waals surface area contributed by atoms with Crippen LogP contribution in [0.4, 0.5) is 0 Å². The second-order valence-electron chi connectivity index (χ2n) is 9.73. The van der Waals surface area contributed by atoms with E-state index >= 15 is 0 Å². The van der Waals surface area contributed by atoms with Crippen molar-refractivity contribution in [2.24, 2.45) is 29.1 Å². The van der Waals surface area contributed by atoms with Gasteiger partial charge in [0.2, 0.25) is 0 Å². The van der Waals surface area contributed by atoms with Crippen LogP contribution in [0.3, 0.4) is 0 Å². The third-order valence-electron chi connectivity index (χ3n) is 6.34. The number of carbonyl (C=O) groups is 1. The van der Waals surface area contributed by atoms with Crippen molar-refractivity contribution in [1.82, 2.24) is 0 Å². The largest absolute Gasteiger partial charge is 0.459 e. The highest BCUT2D eigenvalue weighted by Gasteiger charge is 2.41. The van der Waals surface area contributed by atoms with Crippen LogP contribution in [-0.4, -0.2) is 11.1 Å². The molecule has 0 saturated heterocycles. The molecule has 150 valence electrons. The molecule has 2 aliphatic rings. The summed E-state index contributed by atoms with van der Waals surface area (Å²) in [4.78, 5) is 12.6. The Hall–Kier alpha value is -1.55. The number of hydrogen-bond donors (Lipinski definition) is 1. The van der Waals surface area contributed by atoms with Crippen LogP contribution in [-0.2, 0) is 9.53 Å². The Bertz CT molecular complexity index is 706. The Morgan fingerprint density at radius 2 is 1.89 bits per heavy atom. The molecule has 1 aromatic heterocycles. The molecule has 2 bridgehead atoms. The molecule has 3 rings (SSSR count). The first kappa shape index (κ1) is 20.2. The smallest absolute Gasteiger partial charge is 0.311 e. The number of ether oxygens (including phenoxy) is 1. The van der Waals surface area contributed by atoms with E-state index in [9.17, 15) is 9.90 Å². The average Bonchev–Trinajstić information content (AvgIpc) is 3.06. The van der Waals surface area contributed by atoms with Crippen LogP contribution in [0.1, 0.15) is 84.5 Å². The van der Waals surface area contributed by atoms with Crippen molar-refractivity contribution in [3.63, 3.8) is 0 Å². The average molecular weight is 375 g/mol. The first-order chi connectivity index (χ1) is 12.6. The summed E-state index contributed by atoms with van der Waals surface area (Å²) < 4.78 is 11.9. The predicted molar refractivity (Wildman–Crippen MR) is 105 cm³/mol. The SMILES string of the molecule is CC1=CC[C@H](C(C)C)[C@H]2CC(OC(=O)C(C)(C)C)c3ccc(o3)C(O)C[C@@H]12.